The molecule has 2 heterocycles. The fourth-order valence-electron chi connectivity index (χ4n) is 2.92. The highest BCUT2D eigenvalue weighted by Gasteiger charge is 2.35. The van der Waals surface area contributed by atoms with Gasteiger partial charge in [-0.25, -0.2) is 4.39 Å². The second kappa shape index (κ2) is 6.44. The maximum atomic E-state index is 12.9. The average Bonchev–Trinajstić information content (AvgIpc) is 3.15. The Morgan fingerprint density at radius 3 is 2.82 bits per heavy atom. The van der Waals surface area contributed by atoms with Crippen molar-refractivity contribution in [2.24, 2.45) is 5.92 Å². The number of amides is 2. The molecule has 2 saturated heterocycles. The van der Waals surface area contributed by atoms with E-state index in [1.54, 1.807) is 12.1 Å². The van der Waals surface area contributed by atoms with Crippen LogP contribution in [0.3, 0.4) is 0 Å². The van der Waals surface area contributed by atoms with E-state index < -0.39 is 0 Å². The lowest BCUT2D eigenvalue weighted by Gasteiger charge is -2.17. The van der Waals surface area contributed by atoms with Crippen LogP contribution in [0, 0.1) is 11.7 Å². The molecule has 3 rings (SSSR count). The third-order valence-corrected chi connectivity index (χ3v) is 4.16. The van der Waals surface area contributed by atoms with Crippen molar-refractivity contribution in [3.05, 3.63) is 30.1 Å². The van der Waals surface area contributed by atoms with Crippen LogP contribution in [0.5, 0.6) is 0 Å². The first-order valence-electron chi connectivity index (χ1n) is 7.59. The molecule has 2 aliphatic heterocycles. The number of halogens is 1. The molecule has 5 nitrogen and oxygen atoms in total. The van der Waals surface area contributed by atoms with Crippen LogP contribution in [0.4, 0.5) is 10.1 Å². The second-order valence-electron chi connectivity index (χ2n) is 5.76. The minimum absolute atomic E-state index is 0.0919. The first kappa shape index (κ1) is 15.0. The summed E-state index contributed by atoms with van der Waals surface area (Å²) in [6.07, 6.45) is 2.27. The van der Waals surface area contributed by atoms with Crippen LogP contribution in [0.15, 0.2) is 24.3 Å². The van der Waals surface area contributed by atoms with Crippen molar-refractivity contribution in [3.63, 3.8) is 0 Å². The first-order chi connectivity index (χ1) is 10.6. The molecule has 2 atom stereocenters. The largest absolute Gasteiger partial charge is 0.376 e. The van der Waals surface area contributed by atoms with E-state index in [9.17, 15) is 14.0 Å². The Bertz CT molecular complexity index is 555. The van der Waals surface area contributed by atoms with Gasteiger partial charge in [0.25, 0.3) is 0 Å². The summed E-state index contributed by atoms with van der Waals surface area (Å²) in [5.74, 6) is -0.933. The van der Waals surface area contributed by atoms with Gasteiger partial charge in [-0.05, 0) is 37.1 Å². The number of hydrogen-bond donors (Lipinski definition) is 1. The van der Waals surface area contributed by atoms with E-state index >= 15 is 0 Å². The first-order valence-corrected chi connectivity index (χ1v) is 7.59. The number of carbonyl (C=O) groups is 2. The number of rotatable bonds is 4. The number of carbonyl (C=O) groups excluding carboxylic acids is 2. The Balaban J connectivity index is 1.56. The normalized spacial score (nSPS) is 24.8. The van der Waals surface area contributed by atoms with Crippen molar-refractivity contribution in [2.45, 2.75) is 25.4 Å². The zero-order chi connectivity index (χ0) is 15.5. The van der Waals surface area contributed by atoms with E-state index in [4.69, 9.17) is 4.74 Å². The van der Waals surface area contributed by atoms with Crippen molar-refractivity contribution in [3.8, 4) is 0 Å². The standard InChI is InChI=1S/C16H19FN2O3/c17-12-3-5-13(6-4-12)19-10-11(8-15(19)20)16(21)18-9-14-2-1-7-22-14/h3-6,11,14H,1-2,7-10H2,(H,18,21)/t11-,14-/m0/s1. The summed E-state index contributed by atoms with van der Waals surface area (Å²) < 4.78 is 18.4. The van der Waals surface area contributed by atoms with Crippen LogP contribution in [-0.4, -0.2) is 37.6 Å². The third-order valence-electron chi connectivity index (χ3n) is 4.16. The molecule has 0 aromatic heterocycles. The molecule has 2 fully saturated rings. The van der Waals surface area contributed by atoms with Gasteiger partial charge in [0.05, 0.1) is 12.0 Å². The van der Waals surface area contributed by atoms with Crippen LogP contribution < -0.4 is 10.2 Å². The maximum Gasteiger partial charge on any atom is 0.227 e. The van der Waals surface area contributed by atoms with Crippen LogP contribution in [0.25, 0.3) is 0 Å². The van der Waals surface area contributed by atoms with Gasteiger partial charge in [-0.2, -0.15) is 0 Å². The van der Waals surface area contributed by atoms with Crippen molar-refractivity contribution in [1.82, 2.24) is 5.32 Å². The molecule has 6 heteroatoms. The van der Waals surface area contributed by atoms with Crippen molar-refractivity contribution in [2.75, 3.05) is 24.6 Å². The molecule has 1 N–H and O–H groups in total. The molecule has 1 aromatic carbocycles. The molecule has 2 amide bonds. The van der Waals surface area contributed by atoms with Gasteiger partial charge in [0, 0.05) is 31.8 Å². The van der Waals surface area contributed by atoms with Crippen LogP contribution in [0.2, 0.25) is 0 Å². The SMILES string of the molecule is O=C(NC[C@@H]1CCCO1)[C@H]1CC(=O)N(c2ccc(F)cc2)C1. The Morgan fingerprint density at radius 2 is 2.14 bits per heavy atom. The van der Waals surface area contributed by atoms with E-state index in [1.807, 2.05) is 0 Å². The summed E-state index contributed by atoms with van der Waals surface area (Å²) in [6.45, 7) is 1.59. The predicted molar refractivity (Wildman–Crippen MR) is 78.8 cm³/mol. The highest BCUT2D eigenvalue weighted by molar-refractivity contribution is 6.00. The monoisotopic (exact) mass is 306 g/mol. The molecule has 0 unspecified atom stereocenters. The summed E-state index contributed by atoms with van der Waals surface area (Å²) in [5.41, 5.74) is 0.626. The van der Waals surface area contributed by atoms with Gasteiger partial charge in [-0.1, -0.05) is 0 Å². The molecule has 22 heavy (non-hydrogen) atoms. The van der Waals surface area contributed by atoms with E-state index in [0.717, 1.165) is 19.4 Å². The fourth-order valence-corrected chi connectivity index (χ4v) is 2.92. The highest BCUT2D eigenvalue weighted by atomic mass is 19.1. The molecule has 2 aliphatic rings. The number of anilines is 1. The zero-order valence-corrected chi connectivity index (χ0v) is 12.3. The smallest absolute Gasteiger partial charge is 0.227 e. The Kier molecular flexibility index (Phi) is 4.38. The van der Waals surface area contributed by atoms with Crippen LogP contribution >= 0.6 is 0 Å². The summed E-state index contributed by atoms with van der Waals surface area (Å²) in [7, 11) is 0. The molecule has 1 aromatic rings. The molecular weight excluding hydrogens is 287 g/mol. The molecule has 0 saturated carbocycles. The van der Waals surface area contributed by atoms with Crippen LogP contribution in [-0.2, 0) is 14.3 Å². The lowest BCUT2D eigenvalue weighted by molar-refractivity contribution is -0.126. The number of hydrogen-bond acceptors (Lipinski definition) is 3. The third kappa shape index (κ3) is 3.27. The second-order valence-corrected chi connectivity index (χ2v) is 5.76. The lowest BCUT2D eigenvalue weighted by Crippen LogP contribution is -2.37. The Hall–Kier alpha value is -1.95. The number of benzene rings is 1. The van der Waals surface area contributed by atoms with Crippen molar-refractivity contribution >= 4 is 17.5 Å². The van der Waals surface area contributed by atoms with Gasteiger partial charge >= 0.3 is 0 Å². The maximum absolute atomic E-state index is 12.9. The molecular formula is C16H19FN2O3. The average molecular weight is 306 g/mol. The zero-order valence-electron chi connectivity index (χ0n) is 12.3. The Morgan fingerprint density at radius 1 is 1.36 bits per heavy atom. The molecule has 0 bridgehead atoms. The van der Waals surface area contributed by atoms with E-state index in [-0.39, 0.29) is 36.1 Å². The van der Waals surface area contributed by atoms with Gasteiger partial charge in [0.1, 0.15) is 5.82 Å². The number of ether oxygens (including phenoxy) is 1. The van der Waals surface area contributed by atoms with Gasteiger partial charge in [-0.3, -0.25) is 9.59 Å². The van der Waals surface area contributed by atoms with Gasteiger partial charge < -0.3 is 15.0 Å². The number of nitrogens with zero attached hydrogens (tertiary/aromatic N) is 1. The van der Waals surface area contributed by atoms with Crippen molar-refractivity contribution in [1.29, 1.82) is 0 Å². The summed E-state index contributed by atoms with van der Waals surface area (Å²) in [4.78, 5) is 25.8. The van der Waals surface area contributed by atoms with Gasteiger partial charge in [0.15, 0.2) is 0 Å². The van der Waals surface area contributed by atoms with E-state index in [0.29, 0.717) is 18.8 Å². The van der Waals surface area contributed by atoms with Crippen molar-refractivity contribution < 1.29 is 18.7 Å². The summed E-state index contributed by atoms with van der Waals surface area (Å²) in [6, 6.07) is 5.74. The molecule has 0 radical (unpaired) electrons. The van der Waals surface area contributed by atoms with Gasteiger partial charge in [0.2, 0.25) is 11.8 Å². The molecule has 0 aliphatic carbocycles. The Labute approximate surface area is 128 Å². The fraction of sp³-hybridized carbons (Fsp3) is 0.500. The predicted octanol–water partition coefficient (Wildman–Crippen LogP) is 1.47. The van der Waals surface area contributed by atoms with Crippen LogP contribution in [0.1, 0.15) is 19.3 Å². The van der Waals surface area contributed by atoms with Gasteiger partial charge in [-0.15, -0.1) is 0 Å². The molecule has 0 spiro atoms. The summed E-state index contributed by atoms with van der Waals surface area (Å²) >= 11 is 0. The minimum Gasteiger partial charge on any atom is -0.376 e. The lowest BCUT2D eigenvalue weighted by atomic mass is 10.1. The summed E-state index contributed by atoms with van der Waals surface area (Å²) in [5, 5.41) is 2.87. The number of nitrogens with one attached hydrogen (secondary N) is 1. The minimum atomic E-state index is -0.362. The highest BCUT2D eigenvalue weighted by Crippen LogP contribution is 2.25. The van der Waals surface area contributed by atoms with E-state index in [2.05, 4.69) is 5.32 Å². The molecule has 118 valence electrons. The van der Waals surface area contributed by atoms with E-state index in [1.165, 1.54) is 17.0 Å². The quantitative estimate of drug-likeness (QED) is 0.916. The topological polar surface area (TPSA) is 58.6 Å².